The second-order valence-electron chi connectivity index (χ2n) is 11.6. The second-order valence-corrected chi connectivity index (χ2v) is 11.6. The lowest BCUT2D eigenvalue weighted by molar-refractivity contribution is -0.172. The van der Waals surface area contributed by atoms with Gasteiger partial charge in [-0.05, 0) is 71.8 Å². The van der Waals surface area contributed by atoms with E-state index in [0.29, 0.717) is 47.6 Å². The fourth-order valence-corrected chi connectivity index (χ4v) is 6.31. The van der Waals surface area contributed by atoms with Crippen LogP contribution in [-0.2, 0) is 9.59 Å². The minimum absolute atomic E-state index is 0.173. The highest BCUT2D eigenvalue weighted by molar-refractivity contribution is 5.91. The van der Waals surface area contributed by atoms with E-state index >= 15 is 0 Å². The minimum Gasteiger partial charge on any atom is -0.497 e. The molecule has 2 fully saturated rings. The molecule has 5 heterocycles. The lowest BCUT2D eigenvalue weighted by Crippen LogP contribution is -2.66. The average Bonchev–Trinajstić information content (AvgIpc) is 3.13. The molecule has 5 aliphatic rings. The molecular weight excluding hydrogens is 612 g/mol. The first-order valence-corrected chi connectivity index (χ1v) is 15.9. The number of para-hydroxylation sites is 4. The van der Waals surface area contributed by atoms with Gasteiger partial charge < -0.3 is 38.2 Å². The molecule has 0 radical (unpaired) electrons. The first-order valence-electron chi connectivity index (χ1n) is 15.9. The number of carbonyl (C=O) groups is 2. The summed E-state index contributed by atoms with van der Waals surface area (Å²) in [5.41, 5.74) is 1.78. The van der Waals surface area contributed by atoms with E-state index in [1.165, 1.54) is 0 Å². The molecule has 0 saturated carbocycles. The standard InChI is InChI=1S/C38H36N2O8/c1-43-27-17-13-25(14-18-27)33-35-37(41)39(33)21-22-40-34(26-15-19-28(44-2)20-16-26)36(38(40)42)48-32-12-6-4-10-30(32)46-24-8-7-23-45-29-9-3-5-11-31(29)47-35/h3-20,33-36H,21-24H2,1-2H3/b8-7-/t33-,34-,35+,36+/m1/s1. The van der Waals surface area contributed by atoms with Gasteiger partial charge in [0.2, 0.25) is 12.2 Å². The molecule has 246 valence electrons. The van der Waals surface area contributed by atoms with Gasteiger partial charge in [-0.3, -0.25) is 9.59 Å². The highest BCUT2D eigenvalue weighted by Crippen LogP contribution is 2.43. The van der Waals surface area contributed by atoms with Crippen LogP contribution in [0.2, 0.25) is 0 Å². The third-order valence-electron chi connectivity index (χ3n) is 8.84. The van der Waals surface area contributed by atoms with Crippen molar-refractivity contribution >= 4 is 11.8 Å². The quantitative estimate of drug-likeness (QED) is 0.215. The lowest BCUT2D eigenvalue weighted by Gasteiger charge is -2.50. The topological polar surface area (TPSA) is 96.0 Å². The third-order valence-corrected chi connectivity index (χ3v) is 8.84. The Morgan fingerprint density at radius 2 is 0.917 bits per heavy atom. The number of ether oxygens (including phenoxy) is 6. The first-order chi connectivity index (χ1) is 23.6. The van der Waals surface area contributed by atoms with Crippen molar-refractivity contribution in [1.82, 2.24) is 9.80 Å². The number of benzene rings is 4. The second kappa shape index (κ2) is 13.6. The number of rotatable bonds is 4. The van der Waals surface area contributed by atoms with E-state index in [2.05, 4.69) is 0 Å². The molecule has 2 saturated heterocycles. The third kappa shape index (κ3) is 5.97. The van der Waals surface area contributed by atoms with E-state index in [0.717, 1.165) is 11.1 Å². The van der Waals surface area contributed by atoms with Crippen LogP contribution in [0, 0.1) is 0 Å². The molecule has 10 nitrogen and oxygen atoms in total. The van der Waals surface area contributed by atoms with Crippen LogP contribution in [0.15, 0.2) is 109 Å². The summed E-state index contributed by atoms with van der Waals surface area (Å²) >= 11 is 0. The SMILES string of the molecule is COc1ccc([C@@H]2[C@@H]3Oc4ccccc4OC/C=C\COc4ccccc4O[C@@H]4C(=O)N(CCN2C3=O)[C@@H]4c2ccc(OC)cc2)cc1. The first kappa shape index (κ1) is 31.0. The Labute approximate surface area is 279 Å². The summed E-state index contributed by atoms with van der Waals surface area (Å²) in [4.78, 5) is 31.1. The molecule has 4 aromatic carbocycles. The number of hydrogen-bond donors (Lipinski definition) is 0. The maximum atomic E-state index is 13.8. The Hall–Kier alpha value is -5.64. The molecule has 4 bridgehead atoms. The van der Waals surface area contributed by atoms with Crippen molar-refractivity contribution in [2.75, 3.05) is 40.5 Å². The zero-order chi connectivity index (χ0) is 33.0. The maximum absolute atomic E-state index is 13.8. The number of β-lactam (4-membered cyclic amide) rings is 2. The van der Waals surface area contributed by atoms with Crippen LogP contribution in [0.1, 0.15) is 23.2 Å². The van der Waals surface area contributed by atoms with Gasteiger partial charge in [0.1, 0.15) is 36.8 Å². The lowest BCUT2D eigenvalue weighted by atomic mass is 9.88. The molecule has 0 aromatic heterocycles. The molecule has 4 aromatic rings. The average molecular weight is 649 g/mol. The fourth-order valence-electron chi connectivity index (χ4n) is 6.31. The Morgan fingerprint density at radius 1 is 0.542 bits per heavy atom. The van der Waals surface area contributed by atoms with Crippen molar-refractivity contribution in [1.29, 1.82) is 0 Å². The largest absolute Gasteiger partial charge is 0.497 e. The summed E-state index contributed by atoms with van der Waals surface area (Å²) in [6, 6.07) is 29.0. The van der Waals surface area contributed by atoms with Crippen molar-refractivity contribution in [3.05, 3.63) is 120 Å². The maximum Gasteiger partial charge on any atom is 0.266 e. The highest BCUT2D eigenvalue weighted by atomic mass is 16.5. The summed E-state index contributed by atoms with van der Waals surface area (Å²) in [6.07, 6.45) is 2.13. The van der Waals surface area contributed by atoms with Gasteiger partial charge in [0.15, 0.2) is 23.0 Å². The van der Waals surface area contributed by atoms with Gasteiger partial charge in [0.25, 0.3) is 11.8 Å². The summed E-state index contributed by atoms with van der Waals surface area (Å²) in [6.45, 7) is 1.13. The predicted octanol–water partition coefficient (Wildman–Crippen LogP) is 5.39. The van der Waals surface area contributed by atoms with Gasteiger partial charge in [-0.1, -0.05) is 48.5 Å². The number of carbonyl (C=O) groups excluding carboxylic acids is 2. The Balaban J connectivity index is 1.23. The summed E-state index contributed by atoms with van der Waals surface area (Å²) in [5, 5.41) is 0. The molecule has 0 spiro atoms. The van der Waals surface area contributed by atoms with E-state index in [1.54, 1.807) is 36.2 Å². The molecule has 0 aliphatic carbocycles. The van der Waals surface area contributed by atoms with Gasteiger partial charge in [-0.2, -0.15) is 0 Å². The fraction of sp³-hybridized carbons (Fsp3) is 0.263. The van der Waals surface area contributed by atoms with Crippen LogP contribution >= 0.6 is 0 Å². The summed E-state index contributed by atoms with van der Waals surface area (Å²) in [5.74, 6) is 3.06. The number of amides is 2. The Bertz CT molecular complexity index is 1660. The van der Waals surface area contributed by atoms with Crippen molar-refractivity contribution in [2.45, 2.75) is 24.3 Å². The van der Waals surface area contributed by atoms with Gasteiger partial charge in [-0.25, -0.2) is 0 Å². The predicted molar refractivity (Wildman–Crippen MR) is 177 cm³/mol. The number of nitrogens with zero attached hydrogens (tertiary/aromatic N) is 2. The smallest absolute Gasteiger partial charge is 0.266 e. The number of hydrogen-bond acceptors (Lipinski definition) is 8. The number of methoxy groups -OCH3 is 2. The van der Waals surface area contributed by atoms with E-state index in [4.69, 9.17) is 28.4 Å². The monoisotopic (exact) mass is 648 g/mol. The highest BCUT2D eigenvalue weighted by Gasteiger charge is 2.53. The zero-order valence-electron chi connectivity index (χ0n) is 26.7. The Morgan fingerprint density at radius 3 is 1.29 bits per heavy atom. The van der Waals surface area contributed by atoms with Crippen LogP contribution < -0.4 is 28.4 Å². The van der Waals surface area contributed by atoms with Crippen molar-refractivity contribution < 1.29 is 38.0 Å². The van der Waals surface area contributed by atoms with Crippen molar-refractivity contribution in [3.8, 4) is 34.5 Å². The van der Waals surface area contributed by atoms with E-state index in [9.17, 15) is 9.59 Å². The minimum atomic E-state index is -0.783. The van der Waals surface area contributed by atoms with Crippen LogP contribution in [0.3, 0.4) is 0 Å². The molecular formula is C38H36N2O8. The van der Waals surface area contributed by atoms with Gasteiger partial charge >= 0.3 is 0 Å². The molecule has 5 aliphatic heterocycles. The van der Waals surface area contributed by atoms with Crippen molar-refractivity contribution in [3.63, 3.8) is 0 Å². The summed E-state index contributed by atoms with van der Waals surface area (Å²) in [7, 11) is 3.22. The van der Waals surface area contributed by atoms with Crippen LogP contribution in [0.25, 0.3) is 0 Å². The summed E-state index contributed by atoms with van der Waals surface area (Å²) < 4.78 is 35.6. The molecule has 9 rings (SSSR count). The van der Waals surface area contributed by atoms with Gasteiger partial charge in [-0.15, -0.1) is 0 Å². The molecule has 48 heavy (non-hydrogen) atoms. The molecule has 0 unspecified atom stereocenters. The molecule has 4 atom stereocenters. The molecule has 2 amide bonds. The van der Waals surface area contributed by atoms with E-state index in [-0.39, 0.29) is 25.0 Å². The van der Waals surface area contributed by atoms with Crippen LogP contribution in [0.5, 0.6) is 34.5 Å². The molecule has 0 N–H and O–H groups in total. The van der Waals surface area contributed by atoms with Crippen molar-refractivity contribution in [2.24, 2.45) is 0 Å². The zero-order valence-corrected chi connectivity index (χ0v) is 26.7. The normalized spacial score (nSPS) is 22.9. The molecule has 10 heteroatoms. The van der Waals surface area contributed by atoms with Gasteiger partial charge in [0.05, 0.1) is 14.2 Å². The van der Waals surface area contributed by atoms with Crippen LogP contribution in [-0.4, -0.2) is 74.3 Å². The van der Waals surface area contributed by atoms with Gasteiger partial charge in [0, 0.05) is 13.1 Å². The van der Waals surface area contributed by atoms with E-state index in [1.807, 2.05) is 97.1 Å². The Kier molecular flexibility index (Phi) is 8.78. The van der Waals surface area contributed by atoms with Crippen LogP contribution in [0.4, 0.5) is 0 Å². The van der Waals surface area contributed by atoms with E-state index < -0.39 is 24.3 Å².